The first-order valence-electron chi connectivity index (χ1n) is 14.7. The summed E-state index contributed by atoms with van der Waals surface area (Å²) >= 11 is 13.5. The van der Waals surface area contributed by atoms with Crippen molar-refractivity contribution in [3.05, 3.63) is 41.0 Å². The van der Waals surface area contributed by atoms with E-state index in [1.54, 1.807) is 12.3 Å². The predicted molar refractivity (Wildman–Crippen MR) is 172 cm³/mol. The lowest BCUT2D eigenvalue weighted by atomic mass is 9.90. The Bertz CT molecular complexity index is 1480. The van der Waals surface area contributed by atoms with E-state index < -0.39 is 0 Å². The van der Waals surface area contributed by atoms with Gasteiger partial charge in [-0.25, -0.2) is 15.0 Å². The molecule has 11 nitrogen and oxygen atoms in total. The first kappa shape index (κ1) is 32.2. The Morgan fingerprint density at radius 1 is 1.20 bits per heavy atom. The molecule has 3 aromatic rings. The lowest BCUT2D eigenvalue weighted by Crippen LogP contribution is -2.40. The van der Waals surface area contributed by atoms with Gasteiger partial charge in [-0.3, -0.25) is 9.69 Å². The van der Waals surface area contributed by atoms with Crippen molar-refractivity contribution in [2.75, 3.05) is 64.3 Å². The average Bonchev–Trinajstić information content (AvgIpc) is 3.50. The van der Waals surface area contributed by atoms with Crippen LogP contribution in [0.25, 0.3) is 22.2 Å². The summed E-state index contributed by atoms with van der Waals surface area (Å²) in [6.07, 6.45) is 6.25. The van der Waals surface area contributed by atoms with Crippen molar-refractivity contribution in [2.45, 2.75) is 37.8 Å². The fourth-order valence-corrected chi connectivity index (χ4v) is 6.57. The van der Waals surface area contributed by atoms with Gasteiger partial charge < -0.3 is 30.0 Å². The van der Waals surface area contributed by atoms with Crippen molar-refractivity contribution in [3.63, 3.8) is 0 Å². The molecule has 236 valence electrons. The van der Waals surface area contributed by atoms with Crippen LogP contribution in [-0.4, -0.2) is 96.5 Å². The van der Waals surface area contributed by atoms with E-state index in [9.17, 15) is 9.90 Å². The van der Waals surface area contributed by atoms with Gasteiger partial charge in [-0.05, 0) is 43.9 Å². The van der Waals surface area contributed by atoms with Crippen molar-refractivity contribution in [2.24, 2.45) is 5.92 Å². The highest BCUT2D eigenvalue weighted by Gasteiger charge is 2.29. The molecule has 0 saturated carbocycles. The van der Waals surface area contributed by atoms with E-state index in [4.69, 9.17) is 47.4 Å². The third-order valence-electron chi connectivity index (χ3n) is 8.30. The predicted octanol–water partition coefficient (Wildman–Crippen LogP) is 4.85. The van der Waals surface area contributed by atoms with Gasteiger partial charge >= 0.3 is 0 Å². The van der Waals surface area contributed by atoms with Crippen LogP contribution in [0.4, 0.5) is 11.8 Å². The molecule has 1 aromatic carbocycles. The largest absolute Gasteiger partial charge is 0.495 e. The molecule has 13 heteroatoms. The number of allylic oxidation sites excluding steroid dienone is 1. The maximum atomic E-state index is 12.1. The normalized spacial score (nSPS) is 20.4. The molecule has 2 aromatic heterocycles. The number of nitrogens with one attached hydrogen (secondary N) is 2. The lowest BCUT2D eigenvalue weighted by Gasteiger charge is -2.31. The summed E-state index contributed by atoms with van der Waals surface area (Å²) in [5.41, 5.74) is 1.56. The maximum absolute atomic E-state index is 12.1. The van der Waals surface area contributed by atoms with Gasteiger partial charge in [0, 0.05) is 55.4 Å². The van der Waals surface area contributed by atoms with Crippen LogP contribution in [0.15, 0.2) is 31.0 Å². The number of methoxy groups -OCH3 is 2. The molecule has 2 aliphatic heterocycles. The number of carbonyl (C=O) groups excluding carboxylic acids is 1. The van der Waals surface area contributed by atoms with Crippen LogP contribution < -0.4 is 20.1 Å². The Hall–Kier alpha value is -3.22. The molecule has 4 heterocycles. The number of aliphatic hydroxyl groups is 1. The Balaban J connectivity index is 1.51. The van der Waals surface area contributed by atoms with Crippen LogP contribution in [0.2, 0.25) is 10.0 Å². The third kappa shape index (κ3) is 7.02. The number of likely N-dealkylation sites (tertiary alicyclic amines) is 1. The second kappa shape index (κ2) is 14.7. The van der Waals surface area contributed by atoms with Crippen molar-refractivity contribution in [1.29, 1.82) is 0 Å². The number of fused-ring (bicyclic) bond motifs is 1. The minimum absolute atomic E-state index is 0.000667. The number of benzene rings is 1. The topological polar surface area (TPSA) is 131 Å². The van der Waals surface area contributed by atoms with Gasteiger partial charge in [0.15, 0.2) is 11.6 Å². The molecule has 3 N–H and O–H groups in total. The number of nitrogens with zero attached hydrogens (tertiary/aromatic N) is 4. The van der Waals surface area contributed by atoms with Crippen LogP contribution >= 0.6 is 23.2 Å². The molecule has 0 aliphatic carbocycles. The highest BCUT2D eigenvalue weighted by Crippen LogP contribution is 2.46. The number of halogens is 2. The van der Waals surface area contributed by atoms with Crippen LogP contribution in [0.1, 0.15) is 25.7 Å². The van der Waals surface area contributed by atoms with Crippen molar-refractivity contribution in [1.82, 2.24) is 19.9 Å². The second-order valence-corrected chi connectivity index (χ2v) is 11.7. The fourth-order valence-electron chi connectivity index (χ4n) is 5.88. The number of pyridine rings is 1. The summed E-state index contributed by atoms with van der Waals surface area (Å²) in [4.78, 5) is 28.8. The van der Waals surface area contributed by atoms with E-state index in [-0.39, 0.29) is 30.4 Å². The molecule has 2 saturated heterocycles. The van der Waals surface area contributed by atoms with E-state index in [0.717, 1.165) is 32.4 Å². The molecule has 0 bridgehead atoms. The van der Waals surface area contributed by atoms with Gasteiger partial charge in [0.25, 0.3) is 0 Å². The summed E-state index contributed by atoms with van der Waals surface area (Å²) in [5, 5.41) is 17.9. The first-order valence-corrected chi connectivity index (χ1v) is 15.5. The Labute approximate surface area is 266 Å². The van der Waals surface area contributed by atoms with Gasteiger partial charge in [0.2, 0.25) is 5.95 Å². The van der Waals surface area contributed by atoms with Gasteiger partial charge in [0.05, 0.1) is 49.2 Å². The Morgan fingerprint density at radius 2 is 1.98 bits per heavy atom. The quantitative estimate of drug-likeness (QED) is 0.221. The van der Waals surface area contributed by atoms with Gasteiger partial charge in [0.1, 0.15) is 17.0 Å². The highest BCUT2D eigenvalue weighted by atomic mass is 35.5. The zero-order valence-electron chi connectivity index (χ0n) is 24.9. The number of carbonyl (C=O) groups is 1. The Kier molecular flexibility index (Phi) is 10.8. The number of rotatable bonds is 13. The molecule has 0 spiro atoms. The number of ether oxygens (including phenoxy) is 3. The van der Waals surface area contributed by atoms with E-state index >= 15 is 0 Å². The summed E-state index contributed by atoms with van der Waals surface area (Å²) in [6.45, 7) is 7.01. The zero-order chi connectivity index (χ0) is 31.2. The number of aliphatic hydroxyl groups excluding tert-OH is 1. The molecule has 1 unspecified atom stereocenters. The van der Waals surface area contributed by atoms with Crippen LogP contribution in [0.5, 0.6) is 11.5 Å². The zero-order valence-corrected chi connectivity index (χ0v) is 26.5. The van der Waals surface area contributed by atoms with Crippen molar-refractivity contribution >= 4 is 51.7 Å². The molecule has 3 atom stereocenters. The molecule has 5 rings (SSSR count). The van der Waals surface area contributed by atoms with Crippen molar-refractivity contribution < 1.29 is 24.1 Å². The van der Waals surface area contributed by atoms with Gasteiger partial charge in [-0.15, -0.1) is 0 Å². The monoisotopic (exact) mass is 644 g/mol. The van der Waals surface area contributed by atoms with E-state index in [0.29, 0.717) is 81.7 Å². The molecule has 44 heavy (non-hydrogen) atoms. The fraction of sp³-hybridized carbons (Fsp3) is 0.484. The third-order valence-corrected chi connectivity index (χ3v) is 9.05. The SMILES string of the molecule is C=CC(=O)C[C@H]1CCOC[C@H]1Nc1ncc2cc(-c3c(Cl)c(OC)cc(OC)c3Cl)nc(NCCN3CCCC3CO)c2n1. The van der Waals surface area contributed by atoms with Crippen molar-refractivity contribution in [3.8, 4) is 22.8 Å². The van der Waals surface area contributed by atoms with Crippen LogP contribution in [0.3, 0.4) is 0 Å². The average molecular weight is 646 g/mol. The van der Waals surface area contributed by atoms with E-state index in [2.05, 4.69) is 27.1 Å². The molecule has 0 amide bonds. The molecule has 0 radical (unpaired) electrons. The highest BCUT2D eigenvalue weighted by molar-refractivity contribution is 6.41. The number of aromatic nitrogens is 3. The number of hydrogen-bond donors (Lipinski definition) is 3. The molecule has 2 fully saturated rings. The minimum atomic E-state index is -0.138. The number of anilines is 2. The summed E-state index contributed by atoms with van der Waals surface area (Å²) in [6, 6.07) is 3.48. The molecule has 2 aliphatic rings. The summed E-state index contributed by atoms with van der Waals surface area (Å²) in [5.74, 6) is 1.80. The second-order valence-electron chi connectivity index (χ2n) is 11.0. The Morgan fingerprint density at radius 3 is 2.68 bits per heavy atom. The standard InChI is InChI=1S/C31H38Cl2N6O5/c1-4-21(41)12-18-7-11-44-17-23(18)37-31-35-15-19-13-22(26-27(32)24(42-2)14-25(43-3)28(26)33)36-30(29(19)38-31)34-8-10-39-9-5-6-20(39)16-40/h4,13-15,18,20,23,40H,1,5-12,16-17H2,2-3H3,(H,34,36)(H,35,37,38)/t18-,20?,23-/m1/s1. The van der Waals surface area contributed by atoms with Gasteiger partial charge in [-0.1, -0.05) is 29.8 Å². The van der Waals surface area contributed by atoms with Gasteiger partial charge in [-0.2, -0.15) is 0 Å². The smallest absolute Gasteiger partial charge is 0.223 e. The van der Waals surface area contributed by atoms with E-state index in [1.807, 2.05) is 6.07 Å². The summed E-state index contributed by atoms with van der Waals surface area (Å²) < 4.78 is 16.7. The number of ketones is 1. The lowest BCUT2D eigenvalue weighted by molar-refractivity contribution is -0.116. The van der Waals surface area contributed by atoms with E-state index in [1.165, 1.54) is 20.3 Å². The maximum Gasteiger partial charge on any atom is 0.223 e. The summed E-state index contributed by atoms with van der Waals surface area (Å²) in [7, 11) is 3.05. The molecular weight excluding hydrogens is 607 g/mol. The molecular formula is C31H38Cl2N6O5. The first-order chi connectivity index (χ1) is 21.4. The van der Waals surface area contributed by atoms with Crippen LogP contribution in [0, 0.1) is 5.92 Å². The minimum Gasteiger partial charge on any atom is -0.495 e. The number of hydrogen-bond acceptors (Lipinski definition) is 11. The van der Waals surface area contributed by atoms with Crippen LogP contribution in [-0.2, 0) is 9.53 Å².